The van der Waals surface area contributed by atoms with E-state index >= 15 is 0 Å². The molecule has 0 fully saturated rings. The molecule has 1 atom stereocenters. The van der Waals surface area contributed by atoms with E-state index in [4.69, 9.17) is 9.47 Å². The summed E-state index contributed by atoms with van der Waals surface area (Å²) in [4.78, 5) is 25.3. The van der Waals surface area contributed by atoms with Gasteiger partial charge in [-0.25, -0.2) is 4.68 Å². The van der Waals surface area contributed by atoms with Crippen LogP contribution in [0.15, 0.2) is 42.5 Å². The number of nitrogens with zero attached hydrogens (tertiary/aromatic N) is 2. The van der Waals surface area contributed by atoms with Gasteiger partial charge in [-0.05, 0) is 48.7 Å². The standard InChI is InChI=1S/C24H26N4O4/c1-5-15-6-9-17(10-7-15)25-21(29)13-18-24(30)26-23-22(14(2)27-28(18)23)16-8-11-19(31-3)20(12-16)32-4/h6-12,18H,5,13H2,1-4H3,(H,25,29)(H,26,30). The number of rotatable bonds is 7. The van der Waals surface area contributed by atoms with Gasteiger partial charge in [-0.15, -0.1) is 0 Å². The van der Waals surface area contributed by atoms with Gasteiger partial charge in [0.05, 0.1) is 26.3 Å². The third-order valence-electron chi connectivity index (χ3n) is 5.62. The maximum Gasteiger partial charge on any atom is 0.251 e. The van der Waals surface area contributed by atoms with Gasteiger partial charge in [0.2, 0.25) is 5.91 Å². The molecule has 1 aliphatic rings. The molecule has 1 aromatic heterocycles. The van der Waals surface area contributed by atoms with Gasteiger partial charge < -0.3 is 20.1 Å². The molecule has 3 aromatic rings. The van der Waals surface area contributed by atoms with Crippen LogP contribution in [0.25, 0.3) is 11.1 Å². The topological polar surface area (TPSA) is 94.5 Å². The van der Waals surface area contributed by atoms with Crippen LogP contribution in [-0.2, 0) is 16.0 Å². The van der Waals surface area contributed by atoms with Crippen molar-refractivity contribution in [2.24, 2.45) is 0 Å². The predicted octanol–water partition coefficient (Wildman–Crippen LogP) is 3.96. The van der Waals surface area contributed by atoms with Crippen molar-refractivity contribution >= 4 is 23.3 Å². The van der Waals surface area contributed by atoms with Gasteiger partial charge in [-0.3, -0.25) is 9.59 Å². The Morgan fingerprint density at radius 1 is 1.12 bits per heavy atom. The SMILES string of the molecule is CCc1ccc(NC(=O)CC2C(=O)Nc3c(-c4ccc(OC)c(OC)c4)c(C)nn32)cc1. The van der Waals surface area contributed by atoms with E-state index in [1.165, 1.54) is 5.56 Å². The molecule has 1 aliphatic heterocycles. The minimum absolute atomic E-state index is 0.0130. The number of methoxy groups -OCH3 is 2. The van der Waals surface area contributed by atoms with Crippen molar-refractivity contribution in [2.75, 3.05) is 24.9 Å². The minimum Gasteiger partial charge on any atom is -0.493 e. The molecule has 0 spiro atoms. The summed E-state index contributed by atoms with van der Waals surface area (Å²) in [5.41, 5.74) is 4.26. The molecule has 0 aliphatic carbocycles. The molecule has 32 heavy (non-hydrogen) atoms. The highest BCUT2D eigenvalue weighted by Gasteiger charge is 2.36. The number of nitrogens with one attached hydrogen (secondary N) is 2. The lowest BCUT2D eigenvalue weighted by Crippen LogP contribution is -2.23. The van der Waals surface area contributed by atoms with Crippen LogP contribution < -0.4 is 20.1 Å². The normalized spacial score (nSPS) is 14.6. The van der Waals surface area contributed by atoms with Crippen LogP contribution >= 0.6 is 0 Å². The summed E-state index contributed by atoms with van der Waals surface area (Å²) in [5, 5.41) is 10.3. The summed E-state index contributed by atoms with van der Waals surface area (Å²) in [6.45, 7) is 3.95. The first-order valence-corrected chi connectivity index (χ1v) is 10.5. The summed E-state index contributed by atoms with van der Waals surface area (Å²) < 4.78 is 12.3. The number of ether oxygens (including phenoxy) is 2. The van der Waals surface area contributed by atoms with Crippen molar-refractivity contribution < 1.29 is 19.1 Å². The molecular formula is C24H26N4O4. The third kappa shape index (κ3) is 3.91. The number of aromatic nitrogens is 2. The number of carbonyl (C=O) groups excluding carboxylic acids is 2. The zero-order valence-electron chi connectivity index (χ0n) is 18.6. The average Bonchev–Trinajstić information content (AvgIpc) is 3.27. The van der Waals surface area contributed by atoms with E-state index in [0.29, 0.717) is 23.0 Å². The molecule has 2 aromatic carbocycles. The maximum atomic E-state index is 12.7. The highest BCUT2D eigenvalue weighted by atomic mass is 16.5. The van der Waals surface area contributed by atoms with Gasteiger partial charge in [0.1, 0.15) is 11.9 Å². The fourth-order valence-corrected chi connectivity index (χ4v) is 3.93. The Balaban J connectivity index is 1.57. The van der Waals surface area contributed by atoms with E-state index in [0.717, 1.165) is 23.2 Å². The Morgan fingerprint density at radius 2 is 1.84 bits per heavy atom. The zero-order valence-corrected chi connectivity index (χ0v) is 18.6. The molecule has 1 unspecified atom stereocenters. The van der Waals surface area contributed by atoms with Crippen LogP contribution in [0.5, 0.6) is 11.5 Å². The van der Waals surface area contributed by atoms with Crippen LogP contribution in [0.4, 0.5) is 11.5 Å². The first-order valence-electron chi connectivity index (χ1n) is 10.5. The second-order valence-electron chi connectivity index (χ2n) is 7.63. The van der Waals surface area contributed by atoms with E-state index in [1.807, 2.05) is 49.4 Å². The molecule has 0 radical (unpaired) electrons. The van der Waals surface area contributed by atoms with Gasteiger partial charge in [-0.1, -0.05) is 25.1 Å². The number of carbonyl (C=O) groups is 2. The highest BCUT2D eigenvalue weighted by Crippen LogP contribution is 2.41. The first kappa shape index (κ1) is 21.4. The second kappa shape index (κ2) is 8.74. The monoisotopic (exact) mass is 434 g/mol. The third-order valence-corrected chi connectivity index (χ3v) is 5.62. The summed E-state index contributed by atoms with van der Waals surface area (Å²) in [5.74, 6) is 1.26. The van der Waals surface area contributed by atoms with Crippen molar-refractivity contribution in [3.05, 3.63) is 53.7 Å². The Labute approximate surface area is 186 Å². The number of anilines is 2. The van der Waals surface area contributed by atoms with Crippen LogP contribution in [0.2, 0.25) is 0 Å². The molecule has 2 N–H and O–H groups in total. The molecule has 2 heterocycles. The van der Waals surface area contributed by atoms with E-state index in [2.05, 4.69) is 22.7 Å². The van der Waals surface area contributed by atoms with Gasteiger partial charge in [0, 0.05) is 11.3 Å². The molecular weight excluding hydrogens is 408 g/mol. The molecule has 8 heteroatoms. The Bertz CT molecular complexity index is 1170. The Kier molecular flexibility index (Phi) is 5.85. The summed E-state index contributed by atoms with van der Waals surface area (Å²) >= 11 is 0. The largest absolute Gasteiger partial charge is 0.493 e. The van der Waals surface area contributed by atoms with Gasteiger partial charge in [0.25, 0.3) is 5.91 Å². The lowest BCUT2D eigenvalue weighted by molar-refractivity contribution is -0.123. The number of aryl methyl sites for hydroxylation is 2. The Hall–Kier alpha value is -3.81. The quantitative estimate of drug-likeness (QED) is 0.587. The van der Waals surface area contributed by atoms with Crippen molar-refractivity contribution in [2.45, 2.75) is 32.7 Å². The van der Waals surface area contributed by atoms with Crippen LogP contribution in [0.1, 0.15) is 30.6 Å². The lowest BCUT2D eigenvalue weighted by Gasteiger charge is -2.10. The second-order valence-corrected chi connectivity index (χ2v) is 7.63. The fourth-order valence-electron chi connectivity index (χ4n) is 3.93. The van der Waals surface area contributed by atoms with Crippen molar-refractivity contribution in [1.29, 1.82) is 0 Å². The first-order chi connectivity index (χ1) is 15.4. The van der Waals surface area contributed by atoms with Crippen molar-refractivity contribution in [3.63, 3.8) is 0 Å². The van der Waals surface area contributed by atoms with Crippen molar-refractivity contribution in [3.8, 4) is 22.6 Å². The average molecular weight is 434 g/mol. The predicted molar refractivity (Wildman–Crippen MR) is 122 cm³/mol. The fraction of sp³-hybridized carbons (Fsp3) is 0.292. The van der Waals surface area contributed by atoms with Crippen LogP contribution in [0, 0.1) is 6.92 Å². The number of fused-ring (bicyclic) bond motifs is 1. The van der Waals surface area contributed by atoms with E-state index in [-0.39, 0.29) is 18.2 Å². The number of amides is 2. The van der Waals surface area contributed by atoms with Crippen molar-refractivity contribution in [1.82, 2.24) is 9.78 Å². The summed E-state index contributed by atoms with van der Waals surface area (Å²) in [7, 11) is 3.15. The maximum absolute atomic E-state index is 12.7. The van der Waals surface area contributed by atoms with E-state index in [1.54, 1.807) is 18.9 Å². The molecule has 166 valence electrons. The smallest absolute Gasteiger partial charge is 0.251 e. The number of hydrogen-bond acceptors (Lipinski definition) is 5. The minimum atomic E-state index is -0.715. The molecule has 2 amide bonds. The molecule has 0 saturated carbocycles. The lowest BCUT2D eigenvalue weighted by atomic mass is 10.1. The van der Waals surface area contributed by atoms with Gasteiger partial charge in [-0.2, -0.15) is 5.10 Å². The Morgan fingerprint density at radius 3 is 2.50 bits per heavy atom. The summed E-state index contributed by atoms with van der Waals surface area (Å²) in [6.07, 6.45) is 0.918. The molecule has 0 bridgehead atoms. The van der Waals surface area contributed by atoms with Gasteiger partial charge >= 0.3 is 0 Å². The van der Waals surface area contributed by atoms with Gasteiger partial charge in [0.15, 0.2) is 11.5 Å². The molecule has 4 rings (SSSR count). The van der Waals surface area contributed by atoms with Crippen LogP contribution in [0.3, 0.4) is 0 Å². The zero-order chi connectivity index (χ0) is 22.8. The van der Waals surface area contributed by atoms with Crippen LogP contribution in [-0.4, -0.2) is 35.8 Å². The summed E-state index contributed by atoms with van der Waals surface area (Å²) in [6, 6.07) is 12.5. The number of benzene rings is 2. The molecule has 0 saturated heterocycles. The van der Waals surface area contributed by atoms with E-state index in [9.17, 15) is 9.59 Å². The highest BCUT2D eigenvalue weighted by molar-refractivity contribution is 6.04. The molecule has 8 nitrogen and oxygen atoms in total. The number of hydrogen-bond donors (Lipinski definition) is 2. The van der Waals surface area contributed by atoms with E-state index < -0.39 is 6.04 Å².